The van der Waals surface area contributed by atoms with Crippen LogP contribution < -0.4 is 5.32 Å². The molecule has 0 aliphatic heterocycles. The van der Waals surface area contributed by atoms with Gasteiger partial charge in [0.15, 0.2) is 0 Å². The number of benzene rings is 1. The summed E-state index contributed by atoms with van der Waals surface area (Å²) in [6.45, 7) is 2.32. The molecule has 1 saturated carbocycles. The Morgan fingerprint density at radius 3 is 2.79 bits per heavy atom. The van der Waals surface area contributed by atoms with Crippen LogP contribution in [0, 0.1) is 11.7 Å². The number of carbonyl (C=O) groups is 1. The fraction of sp³-hybridized carbons (Fsp3) is 0.533. The number of aliphatic hydroxyl groups excluding tert-OH is 1. The maximum absolute atomic E-state index is 12.8. The summed E-state index contributed by atoms with van der Waals surface area (Å²) in [5, 5.41) is 12.3. The molecule has 1 amide bonds. The second-order valence-electron chi connectivity index (χ2n) is 5.19. The van der Waals surface area contributed by atoms with Crippen LogP contribution in [-0.2, 0) is 4.79 Å². The van der Waals surface area contributed by atoms with Gasteiger partial charge in [-0.25, -0.2) is 4.39 Å². The van der Waals surface area contributed by atoms with E-state index < -0.39 is 6.10 Å². The van der Waals surface area contributed by atoms with Crippen molar-refractivity contribution >= 4 is 5.91 Å². The van der Waals surface area contributed by atoms with Crippen LogP contribution in [-0.4, -0.2) is 23.7 Å². The topological polar surface area (TPSA) is 49.3 Å². The van der Waals surface area contributed by atoms with Crippen molar-refractivity contribution in [3.8, 4) is 0 Å². The molecule has 0 heterocycles. The van der Waals surface area contributed by atoms with Gasteiger partial charge >= 0.3 is 0 Å². The third kappa shape index (κ3) is 3.77. The highest BCUT2D eigenvalue weighted by Crippen LogP contribution is 2.47. The maximum atomic E-state index is 12.8. The zero-order chi connectivity index (χ0) is 13.8. The summed E-state index contributed by atoms with van der Waals surface area (Å²) < 4.78 is 12.8. The number of carbonyl (C=O) groups excluding carboxylic acids is 1. The Balaban J connectivity index is 1.79. The van der Waals surface area contributed by atoms with E-state index in [9.17, 15) is 14.3 Å². The highest BCUT2D eigenvalue weighted by molar-refractivity contribution is 5.82. The van der Waals surface area contributed by atoms with E-state index in [0.717, 1.165) is 18.4 Å². The minimum Gasteiger partial charge on any atom is -0.391 e. The molecule has 2 rings (SSSR count). The number of amides is 1. The molecule has 1 aromatic carbocycles. The molecule has 0 radical (unpaired) electrons. The summed E-state index contributed by atoms with van der Waals surface area (Å²) in [4.78, 5) is 11.9. The van der Waals surface area contributed by atoms with E-state index in [0.29, 0.717) is 13.0 Å². The Labute approximate surface area is 112 Å². The van der Waals surface area contributed by atoms with E-state index in [1.165, 1.54) is 12.1 Å². The molecule has 1 aliphatic rings. The molecule has 3 atom stereocenters. The van der Waals surface area contributed by atoms with Crippen LogP contribution in [0.4, 0.5) is 4.39 Å². The first-order chi connectivity index (χ1) is 9.11. The second-order valence-corrected chi connectivity index (χ2v) is 5.19. The zero-order valence-corrected chi connectivity index (χ0v) is 11.1. The Bertz CT molecular complexity index is 432. The lowest BCUT2D eigenvalue weighted by molar-refractivity contribution is -0.122. The molecule has 4 heteroatoms. The van der Waals surface area contributed by atoms with Gasteiger partial charge < -0.3 is 10.4 Å². The second kappa shape index (κ2) is 6.15. The highest BCUT2D eigenvalue weighted by atomic mass is 19.1. The SMILES string of the molecule is CCCC(O)CNC(=O)C1CC1c1ccc(F)cc1. The molecule has 0 spiro atoms. The molecular formula is C15H20FNO2. The van der Waals surface area contributed by atoms with Gasteiger partial charge in [0.2, 0.25) is 5.91 Å². The van der Waals surface area contributed by atoms with Gasteiger partial charge in [-0.1, -0.05) is 25.5 Å². The molecule has 19 heavy (non-hydrogen) atoms. The summed E-state index contributed by atoms with van der Waals surface area (Å²) in [5.41, 5.74) is 1.01. The normalized spacial score (nSPS) is 22.9. The van der Waals surface area contributed by atoms with Crippen LogP contribution in [0.2, 0.25) is 0 Å². The summed E-state index contributed by atoms with van der Waals surface area (Å²) in [5.74, 6) is -0.0965. The van der Waals surface area contributed by atoms with E-state index in [1.807, 2.05) is 6.92 Å². The monoisotopic (exact) mass is 265 g/mol. The van der Waals surface area contributed by atoms with Gasteiger partial charge in [0.25, 0.3) is 0 Å². The summed E-state index contributed by atoms with van der Waals surface area (Å²) in [6.07, 6.45) is 1.95. The minimum atomic E-state index is -0.461. The van der Waals surface area contributed by atoms with Crippen molar-refractivity contribution in [3.63, 3.8) is 0 Å². The molecule has 104 valence electrons. The molecule has 0 bridgehead atoms. The van der Waals surface area contributed by atoms with E-state index in [1.54, 1.807) is 12.1 Å². The van der Waals surface area contributed by atoms with Crippen LogP contribution in [0.25, 0.3) is 0 Å². The predicted octanol–water partition coefficient (Wildman–Crippen LogP) is 2.21. The van der Waals surface area contributed by atoms with Crippen molar-refractivity contribution in [2.75, 3.05) is 6.54 Å². The Morgan fingerprint density at radius 2 is 2.16 bits per heavy atom. The van der Waals surface area contributed by atoms with Crippen molar-refractivity contribution in [1.82, 2.24) is 5.32 Å². The minimum absolute atomic E-state index is 0.00974. The molecular weight excluding hydrogens is 245 g/mol. The predicted molar refractivity (Wildman–Crippen MR) is 71.2 cm³/mol. The molecule has 1 aliphatic carbocycles. The average Bonchev–Trinajstić information content (AvgIpc) is 3.17. The quantitative estimate of drug-likeness (QED) is 0.828. The zero-order valence-electron chi connectivity index (χ0n) is 11.1. The first-order valence-corrected chi connectivity index (χ1v) is 6.83. The van der Waals surface area contributed by atoms with Crippen molar-refractivity contribution in [2.24, 2.45) is 5.92 Å². The third-order valence-corrected chi connectivity index (χ3v) is 3.56. The van der Waals surface area contributed by atoms with Crippen LogP contribution in [0.15, 0.2) is 24.3 Å². The molecule has 1 aromatic rings. The molecule has 1 fully saturated rings. The molecule has 2 N–H and O–H groups in total. The summed E-state index contributed by atoms with van der Waals surface area (Å²) in [6, 6.07) is 6.32. The summed E-state index contributed by atoms with van der Waals surface area (Å²) in [7, 11) is 0. The number of rotatable bonds is 6. The van der Waals surface area contributed by atoms with Gasteiger partial charge in [-0.3, -0.25) is 4.79 Å². The molecule has 3 nitrogen and oxygen atoms in total. The standard InChI is InChI=1S/C15H20FNO2/c1-2-3-12(18)9-17-15(19)14-8-13(14)10-4-6-11(16)7-5-10/h4-7,12-14,18H,2-3,8-9H2,1H3,(H,17,19). The van der Waals surface area contributed by atoms with Gasteiger partial charge in [0.05, 0.1) is 6.10 Å². The van der Waals surface area contributed by atoms with Gasteiger partial charge in [-0.2, -0.15) is 0 Å². The smallest absolute Gasteiger partial charge is 0.223 e. The van der Waals surface area contributed by atoms with Crippen molar-refractivity contribution in [1.29, 1.82) is 0 Å². The fourth-order valence-corrected chi connectivity index (χ4v) is 2.35. The Kier molecular flexibility index (Phi) is 4.53. The first kappa shape index (κ1) is 14.0. The van der Waals surface area contributed by atoms with E-state index in [4.69, 9.17) is 0 Å². The maximum Gasteiger partial charge on any atom is 0.223 e. The molecule has 0 saturated heterocycles. The number of hydrogen-bond donors (Lipinski definition) is 2. The van der Waals surface area contributed by atoms with Gasteiger partial charge in [0, 0.05) is 12.5 Å². The van der Waals surface area contributed by atoms with Crippen molar-refractivity contribution in [2.45, 2.75) is 38.2 Å². The van der Waals surface area contributed by atoms with Crippen LogP contribution in [0.1, 0.15) is 37.7 Å². The first-order valence-electron chi connectivity index (χ1n) is 6.83. The number of aliphatic hydroxyl groups is 1. The lowest BCUT2D eigenvalue weighted by Crippen LogP contribution is -2.33. The summed E-state index contributed by atoms with van der Waals surface area (Å²) >= 11 is 0. The van der Waals surface area contributed by atoms with Crippen LogP contribution in [0.5, 0.6) is 0 Å². The van der Waals surface area contributed by atoms with Gasteiger partial charge in [-0.05, 0) is 36.5 Å². The Hall–Kier alpha value is -1.42. The van der Waals surface area contributed by atoms with Crippen LogP contribution in [0.3, 0.4) is 0 Å². The van der Waals surface area contributed by atoms with E-state index in [2.05, 4.69) is 5.32 Å². The number of hydrogen-bond acceptors (Lipinski definition) is 2. The highest BCUT2D eigenvalue weighted by Gasteiger charge is 2.43. The number of nitrogens with one attached hydrogen (secondary N) is 1. The lowest BCUT2D eigenvalue weighted by Gasteiger charge is -2.10. The fourth-order valence-electron chi connectivity index (χ4n) is 2.35. The molecule has 0 aromatic heterocycles. The van der Waals surface area contributed by atoms with Crippen molar-refractivity contribution < 1.29 is 14.3 Å². The average molecular weight is 265 g/mol. The molecule has 3 unspecified atom stereocenters. The largest absolute Gasteiger partial charge is 0.391 e. The lowest BCUT2D eigenvalue weighted by atomic mass is 10.1. The van der Waals surface area contributed by atoms with Crippen molar-refractivity contribution in [3.05, 3.63) is 35.6 Å². The Morgan fingerprint density at radius 1 is 1.47 bits per heavy atom. The van der Waals surface area contributed by atoms with Gasteiger partial charge in [-0.15, -0.1) is 0 Å². The third-order valence-electron chi connectivity index (χ3n) is 3.56. The van der Waals surface area contributed by atoms with E-state index in [-0.39, 0.29) is 23.6 Å². The van der Waals surface area contributed by atoms with Crippen LogP contribution >= 0.6 is 0 Å². The van der Waals surface area contributed by atoms with Gasteiger partial charge in [0.1, 0.15) is 5.82 Å². The van der Waals surface area contributed by atoms with E-state index >= 15 is 0 Å². The number of halogens is 1.